The molecule has 6 heteroatoms. The van der Waals surface area contributed by atoms with Gasteiger partial charge < -0.3 is 10.4 Å². The lowest BCUT2D eigenvalue weighted by atomic mass is 10.1. The third-order valence-electron chi connectivity index (χ3n) is 3.08. The highest BCUT2D eigenvalue weighted by molar-refractivity contribution is 7.91. The first-order valence-corrected chi connectivity index (χ1v) is 8.47. The molecule has 0 aliphatic carbocycles. The van der Waals surface area contributed by atoms with E-state index in [0.717, 1.165) is 5.56 Å². The summed E-state index contributed by atoms with van der Waals surface area (Å²) >= 11 is 1.56. The molecule has 1 aliphatic rings. The first-order valence-electron chi connectivity index (χ1n) is 5.71. The lowest BCUT2D eigenvalue weighted by Crippen LogP contribution is -2.39. The molecule has 96 valence electrons. The van der Waals surface area contributed by atoms with Crippen molar-refractivity contribution in [1.29, 1.82) is 0 Å². The van der Waals surface area contributed by atoms with Crippen LogP contribution in [0.25, 0.3) is 0 Å². The van der Waals surface area contributed by atoms with Gasteiger partial charge in [-0.05, 0) is 35.2 Å². The van der Waals surface area contributed by atoms with Crippen molar-refractivity contribution in [3.8, 4) is 0 Å². The molecule has 1 saturated heterocycles. The fourth-order valence-electron chi connectivity index (χ4n) is 1.95. The third-order valence-corrected chi connectivity index (χ3v) is 5.50. The minimum absolute atomic E-state index is 0.215. The Balaban J connectivity index is 1.76. The Labute approximate surface area is 106 Å². The molecule has 1 atom stereocenters. The molecular weight excluding hydrogens is 258 g/mol. The fraction of sp³-hybridized carbons (Fsp3) is 0.636. The molecule has 2 N–H and O–H groups in total. The van der Waals surface area contributed by atoms with Gasteiger partial charge in [0.1, 0.15) is 9.84 Å². The van der Waals surface area contributed by atoms with Gasteiger partial charge in [0, 0.05) is 12.6 Å². The van der Waals surface area contributed by atoms with Crippen LogP contribution in [-0.2, 0) is 9.84 Å². The number of aliphatic hydroxyl groups excluding tert-OH is 1. The summed E-state index contributed by atoms with van der Waals surface area (Å²) in [6.07, 6.45) is 0.803. The lowest BCUT2D eigenvalue weighted by molar-refractivity contribution is 0.169. The Hall–Kier alpha value is -0.430. The van der Waals surface area contributed by atoms with Gasteiger partial charge in [0.15, 0.2) is 0 Å². The predicted molar refractivity (Wildman–Crippen MR) is 69.0 cm³/mol. The van der Waals surface area contributed by atoms with Gasteiger partial charge in [-0.25, -0.2) is 8.42 Å². The van der Waals surface area contributed by atoms with Crippen LogP contribution in [0.4, 0.5) is 0 Å². The number of aliphatic hydroxyl groups is 1. The van der Waals surface area contributed by atoms with E-state index in [2.05, 4.69) is 5.32 Å². The van der Waals surface area contributed by atoms with Crippen molar-refractivity contribution in [3.05, 3.63) is 22.4 Å². The summed E-state index contributed by atoms with van der Waals surface area (Å²) in [5, 5.41) is 17.0. The smallest absolute Gasteiger partial charge is 0.150 e. The maximum absolute atomic E-state index is 11.2. The van der Waals surface area contributed by atoms with E-state index in [9.17, 15) is 13.5 Å². The summed E-state index contributed by atoms with van der Waals surface area (Å²) < 4.78 is 22.5. The third kappa shape index (κ3) is 3.77. The minimum atomic E-state index is -2.80. The summed E-state index contributed by atoms with van der Waals surface area (Å²) in [5.74, 6) is 0.526. The van der Waals surface area contributed by atoms with Gasteiger partial charge in [-0.3, -0.25) is 0 Å². The highest BCUT2D eigenvalue weighted by Crippen LogP contribution is 2.17. The average Bonchev–Trinajstić information content (AvgIpc) is 2.80. The van der Waals surface area contributed by atoms with Crippen LogP contribution in [0.15, 0.2) is 16.8 Å². The van der Waals surface area contributed by atoms with E-state index in [0.29, 0.717) is 19.4 Å². The molecule has 0 amide bonds. The summed E-state index contributed by atoms with van der Waals surface area (Å²) in [6.45, 7) is 0.488. The van der Waals surface area contributed by atoms with Crippen LogP contribution in [0.2, 0.25) is 0 Å². The number of rotatable bonds is 4. The lowest BCUT2D eigenvalue weighted by Gasteiger charge is -2.24. The molecule has 0 radical (unpaired) electrons. The topological polar surface area (TPSA) is 66.4 Å². The molecule has 0 spiro atoms. The molecule has 1 aromatic heterocycles. The van der Waals surface area contributed by atoms with Crippen molar-refractivity contribution in [3.63, 3.8) is 0 Å². The van der Waals surface area contributed by atoms with Crippen molar-refractivity contribution in [1.82, 2.24) is 5.32 Å². The van der Waals surface area contributed by atoms with E-state index in [-0.39, 0.29) is 17.5 Å². The molecule has 4 nitrogen and oxygen atoms in total. The average molecular weight is 275 g/mol. The van der Waals surface area contributed by atoms with Gasteiger partial charge in [0.05, 0.1) is 17.6 Å². The Bertz CT molecular complexity index is 427. The molecule has 2 rings (SSSR count). The van der Waals surface area contributed by atoms with Gasteiger partial charge in [-0.2, -0.15) is 11.3 Å². The molecule has 17 heavy (non-hydrogen) atoms. The van der Waals surface area contributed by atoms with Crippen molar-refractivity contribution >= 4 is 21.2 Å². The van der Waals surface area contributed by atoms with Crippen LogP contribution >= 0.6 is 11.3 Å². The van der Waals surface area contributed by atoms with E-state index in [1.807, 2.05) is 16.8 Å². The van der Waals surface area contributed by atoms with Crippen LogP contribution in [0.1, 0.15) is 24.5 Å². The van der Waals surface area contributed by atoms with Crippen molar-refractivity contribution in [2.24, 2.45) is 0 Å². The molecule has 1 unspecified atom stereocenters. The number of thiophene rings is 1. The second-order valence-electron chi connectivity index (χ2n) is 4.41. The first-order chi connectivity index (χ1) is 8.07. The van der Waals surface area contributed by atoms with E-state index in [1.165, 1.54) is 0 Å². The number of sulfone groups is 1. The maximum atomic E-state index is 11.2. The summed E-state index contributed by atoms with van der Waals surface area (Å²) in [7, 11) is -2.80. The van der Waals surface area contributed by atoms with Crippen LogP contribution in [0.5, 0.6) is 0 Å². The molecule has 0 saturated carbocycles. The molecule has 1 fully saturated rings. The number of hydrogen-bond acceptors (Lipinski definition) is 5. The fourth-order valence-corrected chi connectivity index (χ4v) is 4.15. The summed E-state index contributed by atoms with van der Waals surface area (Å²) in [4.78, 5) is 0. The van der Waals surface area contributed by atoms with E-state index in [1.54, 1.807) is 11.3 Å². The Morgan fingerprint density at radius 3 is 2.76 bits per heavy atom. The second kappa shape index (κ2) is 5.48. The van der Waals surface area contributed by atoms with Crippen molar-refractivity contribution in [2.75, 3.05) is 18.1 Å². The van der Waals surface area contributed by atoms with E-state index in [4.69, 9.17) is 0 Å². The first kappa shape index (κ1) is 13.0. The normalized spacial score (nSPS) is 22.4. The zero-order valence-corrected chi connectivity index (χ0v) is 11.1. The van der Waals surface area contributed by atoms with Crippen LogP contribution < -0.4 is 5.32 Å². The van der Waals surface area contributed by atoms with Crippen LogP contribution in [0, 0.1) is 0 Å². The molecule has 2 heterocycles. The standard InChI is InChI=1S/C11H17NO3S2/c13-11(9-1-4-16-8-9)7-12-10-2-5-17(14,15)6-3-10/h1,4,8,10-13H,2-3,5-7H2. The Morgan fingerprint density at radius 1 is 1.47 bits per heavy atom. The second-order valence-corrected chi connectivity index (χ2v) is 7.49. The zero-order chi connectivity index (χ0) is 12.3. The van der Waals surface area contributed by atoms with Crippen molar-refractivity contribution in [2.45, 2.75) is 25.0 Å². The van der Waals surface area contributed by atoms with Gasteiger partial charge in [0.25, 0.3) is 0 Å². The summed E-state index contributed by atoms with van der Waals surface area (Å²) in [5.41, 5.74) is 0.922. The van der Waals surface area contributed by atoms with Gasteiger partial charge in [0.2, 0.25) is 0 Å². The quantitative estimate of drug-likeness (QED) is 0.858. The SMILES string of the molecule is O=S1(=O)CCC(NCC(O)c2ccsc2)CC1. The van der Waals surface area contributed by atoms with Gasteiger partial charge >= 0.3 is 0 Å². The monoisotopic (exact) mass is 275 g/mol. The number of nitrogens with one attached hydrogen (secondary N) is 1. The molecule has 1 aliphatic heterocycles. The maximum Gasteiger partial charge on any atom is 0.150 e. The van der Waals surface area contributed by atoms with Gasteiger partial charge in [-0.15, -0.1) is 0 Å². The summed E-state index contributed by atoms with van der Waals surface area (Å²) in [6, 6.07) is 2.12. The van der Waals surface area contributed by atoms with E-state index >= 15 is 0 Å². The molecular formula is C11H17NO3S2. The Morgan fingerprint density at radius 2 is 2.18 bits per heavy atom. The van der Waals surface area contributed by atoms with E-state index < -0.39 is 15.9 Å². The molecule has 1 aromatic rings. The van der Waals surface area contributed by atoms with Gasteiger partial charge in [-0.1, -0.05) is 0 Å². The Kier molecular flexibility index (Phi) is 4.19. The highest BCUT2D eigenvalue weighted by atomic mass is 32.2. The number of hydrogen-bond donors (Lipinski definition) is 2. The molecule has 0 aromatic carbocycles. The zero-order valence-electron chi connectivity index (χ0n) is 9.50. The van der Waals surface area contributed by atoms with Crippen LogP contribution in [-0.4, -0.2) is 37.6 Å². The predicted octanol–water partition coefficient (Wildman–Crippen LogP) is 0.948. The largest absolute Gasteiger partial charge is 0.387 e. The van der Waals surface area contributed by atoms with Crippen LogP contribution in [0.3, 0.4) is 0 Å². The highest BCUT2D eigenvalue weighted by Gasteiger charge is 2.23. The van der Waals surface area contributed by atoms with Crippen molar-refractivity contribution < 1.29 is 13.5 Å². The minimum Gasteiger partial charge on any atom is -0.387 e. The molecule has 0 bridgehead atoms.